The summed E-state index contributed by atoms with van der Waals surface area (Å²) in [4.78, 5) is 2.41. The number of nitrogens with two attached hydrogens (primary N) is 1. The minimum Gasteiger partial charge on any atom is -0.376 e. The van der Waals surface area contributed by atoms with Crippen LogP contribution in [-0.4, -0.2) is 32.3 Å². The molecule has 2 N–H and O–H groups in total. The van der Waals surface area contributed by atoms with Crippen LogP contribution in [0.2, 0.25) is 0 Å². The fourth-order valence-electron chi connectivity index (χ4n) is 2.47. The van der Waals surface area contributed by atoms with Crippen molar-refractivity contribution in [2.75, 3.05) is 31.1 Å². The Morgan fingerprint density at radius 3 is 3.00 bits per heavy atom. The summed E-state index contributed by atoms with van der Waals surface area (Å²) >= 11 is 0. The van der Waals surface area contributed by atoms with Gasteiger partial charge in [0.25, 0.3) is 0 Å². The van der Waals surface area contributed by atoms with Gasteiger partial charge >= 0.3 is 0 Å². The summed E-state index contributed by atoms with van der Waals surface area (Å²) in [7, 11) is 0. The normalized spacial score (nSPS) is 19.1. The average Bonchev–Trinajstić information content (AvgIpc) is 2.87. The van der Waals surface area contributed by atoms with Crippen LogP contribution in [0, 0.1) is 6.92 Å². The van der Waals surface area contributed by atoms with Crippen LogP contribution in [0.3, 0.4) is 0 Å². The molecular formula is C15H24N2O. The van der Waals surface area contributed by atoms with Crippen LogP contribution >= 0.6 is 0 Å². The van der Waals surface area contributed by atoms with Gasteiger partial charge in [0, 0.05) is 25.4 Å². The molecule has 2 rings (SSSR count). The lowest BCUT2D eigenvalue weighted by Gasteiger charge is -2.27. The van der Waals surface area contributed by atoms with Crippen molar-refractivity contribution in [3.63, 3.8) is 0 Å². The lowest BCUT2D eigenvalue weighted by atomic mass is 10.1. The number of aryl methyl sites for hydroxylation is 1. The maximum absolute atomic E-state index is 5.74. The van der Waals surface area contributed by atoms with E-state index >= 15 is 0 Å². The van der Waals surface area contributed by atoms with E-state index in [1.807, 2.05) is 0 Å². The zero-order chi connectivity index (χ0) is 12.8. The molecule has 0 bridgehead atoms. The van der Waals surface area contributed by atoms with Crippen molar-refractivity contribution in [3.8, 4) is 0 Å². The number of nitrogens with zero attached hydrogens (tertiary/aromatic N) is 1. The minimum absolute atomic E-state index is 0.392. The van der Waals surface area contributed by atoms with E-state index in [2.05, 4.69) is 36.1 Å². The van der Waals surface area contributed by atoms with Gasteiger partial charge in [-0.05, 0) is 50.4 Å². The quantitative estimate of drug-likeness (QED) is 0.839. The molecule has 0 saturated carbocycles. The first kappa shape index (κ1) is 13.4. The Kier molecular flexibility index (Phi) is 5.02. The van der Waals surface area contributed by atoms with Gasteiger partial charge in [-0.3, -0.25) is 0 Å². The molecule has 100 valence electrons. The first-order chi connectivity index (χ1) is 8.79. The van der Waals surface area contributed by atoms with E-state index in [1.165, 1.54) is 24.1 Å². The fourth-order valence-corrected chi connectivity index (χ4v) is 2.47. The predicted molar refractivity (Wildman–Crippen MR) is 76.0 cm³/mol. The van der Waals surface area contributed by atoms with Crippen LogP contribution in [-0.2, 0) is 4.74 Å². The molecule has 0 radical (unpaired) electrons. The van der Waals surface area contributed by atoms with E-state index in [0.29, 0.717) is 6.10 Å². The number of anilines is 1. The van der Waals surface area contributed by atoms with Crippen molar-refractivity contribution in [3.05, 3.63) is 29.8 Å². The van der Waals surface area contributed by atoms with Gasteiger partial charge in [-0.2, -0.15) is 0 Å². The van der Waals surface area contributed by atoms with E-state index in [0.717, 1.165) is 32.7 Å². The van der Waals surface area contributed by atoms with Crippen molar-refractivity contribution in [2.24, 2.45) is 5.73 Å². The van der Waals surface area contributed by atoms with E-state index in [1.54, 1.807) is 0 Å². The standard InChI is InChI=1S/C15H24N2O/c1-13-5-2-6-14(11-13)17(9-4-8-16)12-15-7-3-10-18-15/h2,5-6,11,15H,3-4,7-10,12,16H2,1H3. The number of hydrogen-bond acceptors (Lipinski definition) is 3. The van der Waals surface area contributed by atoms with Crippen molar-refractivity contribution < 1.29 is 4.74 Å². The second-order valence-corrected chi connectivity index (χ2v) is 5.06. The monoisotopic (exact) mass is 248 g/mol. The van der Waals surface area contributed by atoms with Gasteiger partial charge in [0.15, 0.2) is 0 Å². The summed E-state index contributed by atoms with van der Waals surface area (Å²) in [6.45, 7) is 5.80. The molecule has 1 aliphatic rings. The number of benzene rings is 1. The summed E-state index contributed by atoms with van der Waals surface area (Å²) < 4.78 is 5.74. The molecule has 18 heavy (non-hydrogen) atoms. The maximum Gasteiger partial charge on any atom is 0.0750 e. The molecule has 1 saturated heterocycles. The number of hydrogen-bond donors (Lipinski definition) is 1. The summed E-state index contributed by atoms with van der Waals surface area (Å²) in [6, 6.07) is 8.68. The van der Waals surface area contributed by atoms with Gasteiger partial charge in [0.05, 0.1) is 6.10 Å². The Bertz CT molecular complexity index is 361. The van der Waals surface area contributed by atoms with Crippen LogP contribution in [0.1, 0.15) is 24.8 Å². The maximum atomic E-state index is 5.74. The van der Waals surface area contributed by atoms with Gasteiger partial charge in [-0.25, -0.2) is 0 Å². The molecule has 3 nitrogen and oxygen atoms in total. The van der Waals surface area contributed by atoms with Crippen LogP contribution in [0.15, 0.2) is 24.3 Å². The van der Waals surface area contributed by atoms with Gasteiger partial charge in [-0.1, -0.05) is 12.1 Å². The predicted octanol–water partition coefficient (Wildman–Crippen LogP) is 2.33. The molecule has 1 unspecified atom stereocenters. The van der Waals surface area contributed by atoms with Crippen LogP contribution in [0.5, 0.6) is 0 Å². The molecular weight excluding hydrogens is 224 g/mol. The molecule has 0 aromatic heterocycles. The van der Waals surface area contributed by atoms with Crippen molar-refractivity contribution in [2.45, 2.75) is 32.3 Å². The van der Waals surface area contributed by atoms with Gasteiger partial charge in [-0.15, -0.1) is 0 Å². The van der Waals surface area contributed by atoms with Crippen molar-refractivity contribution >= 4 is 5.69 Å². The molecule has 0 aliphatic carbocycles. The van der Waals surface area contributed by atoms with E-state index in [4.69, 9.17) is 10.5 Å². The summed E-state index contributed by atoms with van der Waals surface area (Å²) in [5.74, 6) is 0. The van der Waals surface area contributed by atoms with E-state index in [-0.39, 0.29) is 0 Å². The molecule has 3 heteroatoms. The highest BCUT2D eigenvalue weighted by Crippen LogP contribution is 2.20. The minimum atomic E-state index is 0.392. The zero-order valence-electron chi connectivity index (χ0n) is 11.3. The second kappa shape index (κ2) is 6.76. The Morgan fingerprint density at radius 1 is 1.44 bits per heavy atom. The summed E-state index contributed by atoms with van der Waals surface area (Å²) in [5.41, 5.74) is 8.23. The van der Waals surface area contributed by atoms with Crippen LogP contribution in [0.4, 0.5) is 5.69 Å². The van der Waals surface area contributed by atoms with E-state index in [9.17, 15) is 0 Å². The highest BCUT2D eigenvalue weighted by atomic mass is 16.5. The highest BCUT2D eigenvalue weighted by molar-refractivity contribution is 5.48. The molecule has 1 fully saturated rings. The highest BCUT2D eigenvalue weighted by Gasteiger charge is 2.19. The smallest absolute Gasteiger partial charge is 0.0750 e. The third-order valence-electron chi connectivity index (χ3n) is 3.45. The molecule has 1 aliphatic heterocycles. The molecule has 1 atom stereocenters. The van der Waals surface area contributed by atoms with Gasteiger partial charge in [0.2, 0.25) is 0 Å². The topological polar surface area (TPSA) is 38.5 Å². The van der Waals surface area contributed by atoms with Crippen LogP contribution in [0.25, 0.3) is 0 Å². The first-order valence-electron chi connectivity index (χ1n) is 6.93. The largest absolute Gasteiger partial charge is 0.376 e. The van der Waals surface area contributed by atoms with Crippen LogP contribution < -0.4 is 10.6 Å². The zero-order valence-corrected chi connectivity index (χ0v) is 11.3. The fraction of sp³-hybridized carbons (Fsp3) is 0.600. The Hall–Kier alpha value is -1.06. The van der Waals surface area contributed by atoms with Gasteiger partial charge in [0.1, 0.15) is 0 Å². The SMILES string of the molecule is Cc1cccc(N(CCCN)CC2CCCO2)c1. The lowest BCUT2D eigenvalue weighted by molar-refractivity contribution is 0.115. The molecule has 1 aromatic rings. The molecule has 0 amide bonds. The summed E-state index contributed by atoms with van der Waals surface area (Å²) in [5, 5.41) is 0. The average molecular weight is 248 g/mol. The second-order valence-electron chi connectivity index (χ2n) is 5.06. The third kappa shape index (κ3) is 3.72. The van der Waals surface area contributed by atoms with Gasteiger partial charge < -0.3 is 15.4 Å². The van der Waals surface area contributed by atoms with E-state index < -0.39 is 0 Å². The van der Waals surface area contributed by atoms with Crippen molar-refractivity contribution in [1.29, 1.82) is 0 Å². The Labute approximate surface area is 110 Å². The number of ether oxygens (including phenoxy) is 1. The third-order valence-corrected chi connectivity index (χ3v) is 3.45. The summed E-state index contributed by atoms with van der Waals surface area (Å²) in [6.07, 6.45) is 3.80. The molecule has 1 heterocycles. The lowest BCUT2D eigenvalue weighted by Crippen LogP contribution is -2.33. The Balaban J connectivity index is 2.03. The van der Waals surface area contributed by atoms with Crippen molar-refractivity contribution in [1.82, 2.24) is 0 Å². The molecule has 1 aromatic carbocycles. The number of rotatable bonds is 6. The molecule has 0 spiro atoms. The Morgan fingerprint density at radius 2 is 2.33 bits per heavy atom. The first-order valence-corrected chi connectivity index (χ1v) is 6.93.